The summed E-state index contributed by atoms with van der Waals surface area (Å²) < 4.78 is 62.2. The van der Waals surface area contributed by atoms with Crippen LogP contribution in [0.2, 0.25) is 0 Å². The van der Waals surface area contributed by atoms with E-state index in [4.69, 9.17) is 4.74 Å². The molecule has 3 N–H and O–H groups in total. The van der Waals surface area contributed by atoms with Crippen molar-refractivity contribution in [3.8, 4) is 5.75 Å². The minimum atomic E-state index is -4.98. The second-order valence-electron chi connectivity index (χ2n) is 10.7. The fourth-order valence-corrected chi connectivity index (χ4v) is 5.29. The molecule has 38 heavy (non-hydrogen) atoms. The quantitative estimate of drug-likeness (QED) is 0.366. The maximum Gasteiger partial charge on any atom is 0.417 e. The number of aromatic nitrogens is 1. The molecule has 1 amide bonds. The Kier molecular flexibility index (Phi) is 7.51. The third-order valence-corrected chi connectivity index (χ3v) is 7.31. The zero-order chi connectivity index (χ0) is 27.9. The van der Waals surface area contributed by atoms with Gasteiger partial charge in [-0.3, -0.25) is 4.79 Å². The fourth-order valence-electron chi connectivity index (χ4n) is 5.29. The summed E-state index contributed by atoms with van der Waals surface area (Å²) in [4.78, 5) is 17.5. The van der Waals surface area contributed by atoms with Crippen molar-refractivity contribution in [2.75, 3.05) is 20.2 Å². The molecule has 206 valence electrons. The Labute approximate surface area is 218 Å². The number of likely N-dealkylation sites (tertiary alicyclic amines) is 1. The summed E-state index contributed by atoms with van der Waals surface area (Å²) in [5, 5.41) is 21.3. The predicted octanol–water partition coefficient (Wildman–Crippen LogP) is 5.12. The molecule has 1 fully saturated rings. The second kappa shape index (κ2) is 10.2. The van der Waals surface area contributed by atoms with Gasteiger partial charge in [-0.05, 0) is 67.1 Å². The molecule has 0 radical (unpaired) electrons. The highest BCUT2D eigenvalue weighted by Gasteiger charge is 2.56. The van der Waals surface area contributed by atoms with Crippen LogP contribution in [0.3, 0.4) is 0 Å². The van der Waals surface area contributed by atoms with Crippen molar-refractivity contribution in [2.45, 2.75) is 62.8 Å². The molecule has 4 rings (SSSR count). The summed E-state index contributed by atoms with van der Waals surface area (Å²) in [6.07, 6.45) is -5.93. The van der Waals surface area contributed by atoms with E-state index in [1.165, 1.54) is 33.1 Å². The number of aliphatic hydroxyl groups excluding tert-OH is 1. The molecule has 0 saturated carbocycles. The second-order valence-corrected chi connectivity index (χ2v) is 10.7. The van der Waals surface area contributed by atoms with Gasteiger partial charge in [0.2, 0.25) is 0 Å². The Morgan fingerprint density at radius 3 is 2.42 bits per heavy atom. The van der Waals surface area contributed by atoms with E-state index in [0.717, 1.165) is 12.1 Å². The molecule has 1 saturated heterocycles. The molecule has 1 aliphatic heterocycles. The minimum Gasteiger partial charge on any atom is -0.496 e. The molecule has 1 atom stereocenters. The molecular weight excluding hydrogens is 504 g/mol. The number of hydrogen-bond acceptors (Lipinski definition) is 4. The smallest absolute Gasteiger partial charge is 0.417 e. The number of hydrogen-bond donors (Lipinski definition) is 3. The Morgan fingerprint density at radius 2 is 1.79 bits per heavy atom. The number of nitrogens with zero attached hydrogens (tertiary/aromatic N) is 1. The third-order valence-electron chi connectivity index (χ3n) is 7.31. The number of alkyl halides is 3. The van der Waals surface area contributed by atoms with E-state index in [9.17, 15) is 32.6 Å². The Morgan fingerprint density at radius 1 is 1.11 bits per heavy atom. The largest absolute Gasteiger partial charge is 0.496 e. The molecule has 1 unspecified atom stereocenters. The van der Waals surface area contributed by atoms with Crippen molar-refractivity contribution in [3.05, 3.63) is 65.1 Å². The number of halogens is 4. The van der Waals surface area contributed by atoms with Gasteiger partial charge in [0.25, 0.3) is 5.91 Å². The first-order valence-electron chi connectivity index (χ1n) is 12.4. The van der Waals surface area contributed by atoms with Crippen LogP contribution in [0.25, 0.3) is 10.9 Å². The lowest BCUT2D eigenvalue weighted by Crippen LogP contribution is -2.51. The summed E-state index contributed by atoms with van der Waals surface area (Å²) >= 11 is 0. The molecule has 0 aliphatic carbocycles. The van der Waals surface area contributed by atoms with Gasteiger partial charge in [-0.1, -0.05) is 13.8 Å². The fraction of sp³-hybridized carbons (Fsp3) is 0.464. The van der Waals surface area contributed by atoms with E-state index in [1.807, 2.05) is 0 Å². The molecule has 2 heterocycles. The van der Waals surface area contributed by atoms with Crippen LogP contribution in [-0.4, -0.2) is 64.1 Å². The number of benzene rings is 2. The number of aliphatic hydroxyl groups is 2. The van der Waals surface area contributed by atoms with Gasteiger partial charge in [-0.25, -0.2) is 4.39 Å². The number of piperidine rings is 1. The number of nitrogens with one attached hydrogen (secondary N) is 1. The number of amides is 1. The van der Waals surface area contributed by atoms with Gasteiger partial charge in [0.15, 0.2) is 5.60 Å². The molecule has 3 aromatic rings. The zero-order valence-corrected chi connectivity index (χ0v) is 21.5. The van der Waals surface area contributed by atoms with Crippen LogP contribution in [0.1, 0.15) is 54.7 Å². The number of methoxy groups -OCH3 is 1. The minimum absolute atomic E-state index is 0.146. The third kappa shape index (κ3) is 5.66. The summed E-state index contributed by atoms with van der Waals surface area (Å²) in [5.41, 5.74) is -3.15. The van der Waals surface area contributed by atoms with Crippen molar-refractivity contribution in [2.24, 2.45) is 0 Å². The van der Waals surface area contributed by atoms with E-state index in [1.54, 1.807) is 23.1 Å². The van der Waals surface area contributed by atoms with E-state index in [0.29, 0.717) is 42.4 Å². The van der Waals surface area contributed by atoms with Crippen molar-refractivity contribution in [1.82, 2.24) is 9.88 Å². The summed E-state index contributed by atoms with van der Waals surface area (Å²) in [6, 6.07) is 9.97. The molecule has 0 spiro atoms. The lowest BCUT2D eigenvalue weighted by atomic mass is 9.73. The normalized spacial score (nSPS) is 17.0. The van der Waals surface area contributed by atoms with Crippen molar-refractivity contribution < 1.29 is 37.3 Å². The predicted molar refractivity (Wildman–Crippen MR) is 135 cm³/mol. The van der Waals surface area contributed by atoms with Crippen molar-refractivity contribution in [3.63, 3.8) is 0 Å². The van der Waals surface area contributed by atoms with Gasteiger partial charge < -0.3 is 24.8 Å². The molecule has 10 heteroatoms. The maximum atomic E-state index is 14.3. The van der Waals surface area contributed by atoms with E-state index in [2.05, 4.69) is 4.98 Å². The highest BCUT2D eigenvalue weighted by molar-refractivity contribution is 5.98. The van der Waals surface area contributed by atoms with Crippen molar-refractivity contribution in [1.29, 1.82) is 0 Å². The van der Waals surface area contributed by atoms with Crippen LogP contribution < -0.4 is 4.74 Å². The van der Waals surface area contributed by atoms with Crippen LogP contribution in [0.5, 0.6) is 5.75 Å². The first kappa shape index (κ1) is 27.9. The number of H-pyrrole nitrogens is 1. The highest BCUT2D eigenvalue weighted by Crippen LogP contribution is 2.45. The SMILES string of the molecule is COc1ccc(F)cc1C(C)(C)CC(O)(Cc1cc2cc(C(=O)N3CCC(O)CC3)ccc2[nH]1)C(F)(F)F. The molecule has 6 nitrogen and oxygen atoms in total. The van der Waals surface area contributed by atoms with Crippen LogP contribution in [-0.2, 0) is 11.8 Å². The lowest BCUT2D eigenvalue weighted by molar-refractivity contribution is -0.266. The van der Waals surface area contributed by atoms with Gasteiger partial charge in [0.05, 0.1) is 13.2 Å². The van der Waals surface area contributed by atoms with Crippen LogP contribution in [0.4, 0.5) is 17.6 Å². The van der Waals surface area contributed by atoms with Crippen LogP contribution >= 0.6 is 0 Å². The standard InChI is InChI=1S/C28H32F4N2O4/c1-26(2,22-14-19(29)5-7-24(22)38-3)16-27(37,28(30,31)32)15-20-13-18-12-17(4-6-23(18)33-20)25(36)34-10-8-21(35)9-11-34/h4-7,12-14,21,33,35,37H,8-11,15-16H2,1-3H3. The maximum absolute atomic E-state index is 14.3. The average Bonchev–Trinajstić information content (AvgIpc) is 3.24. The molecule has 1 aromatic heterocycles. The number of fused-ring (bicyclic) bond motifs is 1. The number of rotatable bonds is 7. The van der Waals surface area contributed by atoms with Crippen molar-refractivity contribution >= 4 is 16.8 Å². The number of carbonyl (C=O) groups excluding carboxylic acids is 1. The molecule has 1 aliphatic rings. The monoisotopic (exact) mass is 536 g/mol. The number of carbonyl (C=O) groups is 1. The van der Waals surface area contributed by atoms with Gasteiger partial charge in [0, 0.05) is 47.2 Å². The van der Waals surface area contributed by atoms with Gasteiger partial charge in [-0.2, -0.15) is 13.2 Å². The van der Waals surface area contributed by atoms with Crippen LogP contribution in [0, 0.1) is 5.82 Å². The van der Waals surface area contributed by atoms with E-state index in [-0.39, 0.29) is 22.9 Å². The number of ether oxygens (including phenoxy) is 1. The van der Waals surface area contributed by atoms with E-state index < -0.39 is 42.0 Å². The first-order valence-corrected chi connectivity index (χ1v) is 12.4. The molecular formula is C28H32F4N2O4. The first-order chi connectivity index (χ1) is 17.7. The Bertz CT molecular complexity index is 1310. The molecule has 2 aromatic carbocycles. The molecule has 0 bridgehead atoms. The average molecular weight is 537 g/mol. The van der Waals surface area contributed by atoms with Crippen LogP contribution in [0.15, 0.2) is 42.5 Å². The lowest BCUT2D eigenvalue weighted by Gasteiger charge is -2.38. The zero-order valence-electron chi connectivity index (χ0n) is 21.5. The topological polar surface area (TPSA) is 85.8 Å². The van der Waals surface area contributed by atoms with E-state index >= 15 is 0 Å². The number of aromatic amines is 1. The summed E-state index contributed by atoms with van der Waals surface area (Å²) in [6.45, 7) is 3.87. The Hall–Kier alpha value is -3.11. The highest BCUT2D eigenvalue weighted by atomic mass is 19.4. The van der Waals surface area contributed by atoms with Gasteiger partial charge in [0.1, 0.15) is 11.6 Å². The van der Waals surface area contributed by atoms with Gasteiger partial charge >= 0.3 is 6.18 Å². The summed E-state index contributed by atoms with van der Waals surface area (Å²) in [7, 11) is 1.35. The van der Waals surface area contributed by atoms with Gasteiger partial charge in [-0.15, -0.1) is 0 Å². The Balaban J connectivity index is 1.61. The summed E-state index contributed by atoms with van der Waals surface area (Å²) in [5.74, 6) is -0.600.